The van der Waals surface area contributed by atoms with Crippen LogP contribution in [0.2, 0.25) is 0 Å². The molecule has 1 saturated carbocycles. The van der Waals surface area contributed by atoms with Gasteiger partial charge in [-0.3, -0.25) is 14.0 Å². The fourth-order valence-electron chi connectivity index (χ4n) is 4.18. The number of rotatable bonds is 5. The zero-order chi connectivity index (χ0) is 20.4. The van der Waals surface area contributed by atoms with Crippen LogP contribution >= 0.6 is 15.9 Å². The molecule has 0 spiro atoms. The Bertz CT molecular complexity index is 1040. The first-order valence-electron chi connectivity index (χ1n) is 10.2. The largest absolute Gasteiger partial charge is 0.336 e. The van der Waals surface area contributed by atoms with Crippen molar-refractivity contribution in [2.45, 2.75) is 45.1 Å². The molecule has 0 saturated heterocycles. The smallest absolute Gasteiger partial charge is 0.254 e. The zero-order valence-electron chi connectivity index (χ0n) is 16.5. The van der Waals surface area contributed by atoms with E-state index in [-0.39, 0.29) is 11.7 Å². The summed E-state index contributed by atoms with van der Waals surface area (Å²) < 4.78 is 2.61. The highest BCUT2D eigenvalue weighted by molar-refractivity contribution is 9.10. The Hall–Kier alpha value is -2.47. The number of fused-ring (bicyclic) bond motifs is 1. The summed E-state index contributed by atoms with van der Waals surface area (Å²) in [6.45, 7) is 2.74. The minimum atomic E-state index is -0.116. The number of benzene rings is 1. The van der Waals surface area contributed by atoms with Gasteiger partial charge in [0.1, 0.15) is 5.69 Å². The fraction of sp³-hybridized carbons (Fsp3) is 0.348. The SMILES string of the molecule is CCN(C(=O)c1ccc(C(=O)c2cnc3c(Br)cccn23)cc1)C1CCCCC1. The maximum absolute atomic E-state index is 13.0. The predicted molar refractivity (Wildman–Crippen MR) is 116 cm³/mol. The summed E-state index contributed by atoms with van der Waals surface area (Å²) in [6.07, 6.45) is 9.22. The van der Waals surface area contributed by atoms with E-state index in [9.17, 15) is 9.59 Å². The van der Waals surface area contributed by atoms with Gasteiger partial charge in [0.25, 0.3) is 5.91 Å². The molecule has 1 aliphatic rings. The van der Waals surface area contributed by atoms with Gasteiger partial charge in [-0.15, -0.1) is 0 Å². The van der Waals surface area contributed by atoms with E-state index in [1.165, 1.54) is 19.3 Å². The van der Waals surface area contributed by atoms with Crippen molar-refractivity contribution in [3.8, 4) is 0 Å². The van der Waals surface area contributed by atoms with Gasteiger partial charge < -0.3 is 4.90 Å². The molecule has 0 radical (unpaired) electrons. The molecule has 1 amide bonds. The summed E-state index contributed by atoms with van der Waals surface area (Å²) in [4.78, 5) is 32.3. The van der Waals surface area contributed by atoms with Crippen molar-refractivity contribution in [1.82, 2.24) is 14.3 Å². The average Bonchev–Trinajstić information content (AvgIpc) is 3.20. The van der Waals surface area contributed by atoms with Gasteiger partial charge >= 0.3 is 0 Å². The van der Waals surface area contributed by atoms with Crippen LogP contribution in [0.3, 0.4) is 0 Å². The van der Waals surface area contributed by atoms with Gasteiger partial charge in [0, 0.05) is 29.9 Å². The van der Waals surface area contributed by atoms with E-state index in [4.69, 9.17) is 0 Å². The van der Waals surface area contributed by atoms with E-state index in [0.717, 1.165) is 17.3 Å². The second-order valence-corrected chi connectivity index (χ2v) is 8.34. The van der Waals surface area contributed by atoms with Gasteiger partial charge in [-0.25, -0.2) is 4.98 Å². The fourth-order valence-corrected chi connectivity index (χ4v) is 4.63. The number of carbonyl (C=O) groups is 2. The topological polar surface area (TPSA) is 54.7 Å². The van der Waals surface area contributed by atoms with Crippen LogP contribution in [0.5, 0.6) is 0 Å². The normalized spacial score (nSPS) is 14.8. The molecule has 4 rings (SSSR count). The number of halogens is 1. The minimum absolute atomic E-state index is 0.0529. The first kappa shape index (κ1) is 19.8. The zero-order valence-corrected chi connectivity index (χ0v) is 18.1. The summed E-state index contributed by atoms with van der Waals surface area (Å²) >= 11 is 3.46. The maximum atomic E-state index is 13.0. The Balaban J connectivity index is 1.56. The molecule has 0 N–H and O–H groups in total. The summed E-state index contributed by atoms with van der Waals surface area (Å²) in [5.74, 6) is -0.0636. The molecule has 0 aliphatic heterocycles. The highest BCUT2D eigenvalue weighted by Gasteiger charge is 2.25. The molecule has 3 aromatic rings. The van der Waals surface area contributed by atoms with Crippen LogP contribution in [0.25, 0.3) is 5.65 Å². The molecular formula is C23H24BrN3O2. The lowest BCUT2D eigenvalue weighted by atomic mass is 9.93. The molecule has 2 heterocycles. The van der Waals surface area contributed by atoms with Crippen molar-refractivity contribution in [3.63, 3.8) is 0 Å². The van der Waals surface area contributed by atoms with Crippen LogP contribution in [0, 0.1) is 0 Å². The molecule has 1 fully saturated rings. The Morgan fingerprint density at radius 2 is 1.79 bits per heavy atom. The van der Waals surface area contributed by atoms with Crippen molar-refractivity contribution < 1.29 is 9.59 Å². The second kappa shape index (κ2) is 8.49. The Labute approximate surface area is 178 Å². The Morgan fingerprint density at radius 1 is 1.10 bits per heavy atom. The van der Waals surface area contributed by atoms with Crippen molar-refractivity contribution in [3.05, 3.63) is 70.1 Å². The molecule has 150 valence electrons. The van der Waals surface area contributed by atoms with E-state index in [1.54, 1.807) is 34.9 Å². The molecule has 1 aliphatic carbocycles. The number of imidazole rings is 1. The monoisotopic (exact) mass is 453 g/mol. The maximum Gasteiger partial charge on any atom is 0.254 e. The Kier molecular flexibility index (Phi) is 5.81. The van der Waals surface area contributed by atoms with E-state index < -0.39 is 0 Å². The molecule has 0 unspecified atom stereocenters. The second-order valence-electron chi connectivity index (χ2n) is 7.48. The van der Waals surface area contributed by atoms with E-state index >= 15 is 0 Å². The van der Waals surface area contributed by atoms with Crippen LogP contribution in [0.1, 0.15) is 65.4 Å². The summed E-state index contributed by atoms with van der Waals surface area (Å²) in [7, 11) is 0. The van der Waals surface area contributed by atoms with Gasteiger partial charge in [-0.2, -0.15) is 0 Å². The van der Waals surface area contributed by atoms with Crippen molar-refractivity contribution in [1.29, 1.82) is 0 Å². The van der Waals surface area contributed by atoms with Crippen molar-refractivity contribution in [2.75, 3.05) is 6.54 Å². The molecule has 29 heavy (non-hydrogen) atoms. The van der Waals surface area contributed by atoms with Crippen LogP contribution in [-0.2, 0) is 0 Å². The minimum Gasteiger partial charge on any atom is -0.336 e. The first-order chi connectivity index (χ1) is 14.1. The highest BCUT2D eigenvalue weighted by Crippen LogP contribution is 2.24. The van der Waals surface area contributed by atoms with Crippen molar-refractivity contribution in [2.24, 2.45) is 0 Å². The molecule has 0 bridgehead atoms. The molecule has 0 atom stereocenters. The number of hydrogen-bond donors (Lipinski definition) is 0. The van der Waals surface area contributed by atoms with Gasteiger partial charge in [-0.05, 0) is 60.0 Å². The van der Waals surface area contributed by atoms with Crippen LogP contribution in [0.4, 0.5) is 0 Å². The Morgan fingerprint density at radius 3 is 2.48 bits per heavy atom. The highest BCUT2D eigenvalue weighted by atomic mass is 79.9. The van der Waals surface area contributed by atoms with Gasteiger partial charge in [0.2, 0.25) is 5.78 Å². The first-order valence-corrected chi connectivity index (χ1v) is 11.0. The summed E-state index contributed by atoms with van der Waals surface area (Å²) in [6, 6.07) is 11.1. The third-order valence-electron chi connectivity index (χ3n) is 5.73. The summed E-state index contributed by atoms with van der Waals surface area (Å²) in [5.41, 5.74) is 2.38. The molecule has 5 nitrogen and oxygen atoms in total. The third kappa shape index (κ3) is 3.86. The lowest BCUT2D eigenvalue weighted by Crippen LogP contribution is -2.41. The standard InChI is InChI=1S/C23H24BrN3O2/c1-2-26(18-7-4-3-5-8-18)23(29)17-12-10-16(11-13-17)21(28)20-15-25-22-19(24)9-6-14-27(20)22/h6,9-15,18H,2-5,7-8H2,1H3. The number of ketones is 1. The lowest BCUT2D eigenvalue weighted by molar-refractivity contribution is 0.0647. The van der Waals surface area contributed by atoms with Crippen molar-refractivity contribution >= 4 is 33.3 Å². The molecule has 6 heteroatoms. The third-order valence-corrected chi connectivity index (χ3v) is 6.35. The lowest BCUT2D eigenvalue weighted by Gasteiger charge is -2.33. The van der Waals surface area contributed by atoms with Gasteiger partial charge in [0.15, 0.2) is 5.65 Å². The number of nitrogens with zero attached hydrogens (tertiary/aromatic N) is 3. The number of carbonyl (C=O) groups excluding carboxylic acids is 2. The predicted octanol–water partition coefficient (Wildman–Crippen LogP) is 5.12. The number of amides is 1. The average molecular weight is 454 g/mol. The molecular weight excluding hydrogens is 430 g/mol. The van der Waals surface area contributed by atoms with E-state index in [0.29, 0.717) is 35.1 Å². The summed E-state index contributed by atoms with van der Waals surface area (Å²) in [5, 5.41) is 0. The number of hydrogen-bond acceptors (Lipinski definition) is 3. The van der Waals surface area contributed by atoms with Gasteiger partial charge in [-0.1, -0.05) is 31.4 Å². The number of pyridine rings is 1. The van der Waals surface area contributed by atoms with E-state index in [1.807, 2.05) is 30.2 Å². The van der Waals surface area contributed by atoms with Crippen LogP contribution in [-0.4, -0.2) is 38.6 Å². The van der Waals surface area contributed by atoms with Gasteiger partial charge in [0.05, 0.1) is 10.7 Å². The van der Waals surface area contributed by atoms with Crippen LogP contribution in [0.15, 0.2) is 53.3 Å². The van der Waals surface area contributed by atoms with E-state index in [2.05, 4.69) is 20.9 Å². The number of aromatic nitrogens is 2. The molecule has 2 aromatic heterocycles. The van der Waals surface area contributed by atoms with Crippen LogP contribution < -0.4 is 0 Å². The quantitative estimate of drug-likeness (QED) is 0.503. The molecule has 1 aromatic carbocycles.